The first kappa shape index (κ1) is 34.3. The summed E-state index contributed by atoms with van der Waals surface area (Å²) in [4.78, 5) is 46.3. The second-order valence-corrected chi connectivity index (χ2v) is 15.0. The number of ether oxygens (including phenoxy) is 3. The highest BCUT2D eigenvalue weighted by Gasteiger charge is 2.42. The number of aromatic nitrogens is 1. The fourth-order valence-electron chi connectivity index (χ4n) is 4.43. The first-order valence-electron chi connectivity index (χ1n) is 13.5. The van der Waals surface area contributed by atoms with Gasteiger partial charge in [-0.05, 0) is 68.4 Å². The fraction of sp³-hybridized carbons (Fsp3) is 0.714. The molecule has 41 heavy (non-hydrogen) atoms. The predicted octanol–water partition coefficient (Wildman–Crippen LogP) is 4.91. The van der Waals surface area contributed by atoms with Crippen LogP contribution >= 0.6 is 0 Å². The topological polar surface area (TPSA) is 142 Å². The number of anilines is 2. The molecule has 1 saturated heterocycles. The number of esters is 1. The van der Waals surface area contributed by atoms with Crippen molar-refractivity contribution in [2.45, 2.75) is 98.6 Å². The summed E-state index contributed by atoms with van der Waals surface area (Å²) in [6.07, 6.45) is 1.03. The molecule has 0 saturated carbocycles. The summed E-state index contributed by atoms with van der Waals surface area (Å²) < 4.78 is 46.3. The van der Waals surface area contributed by atoms with Crippen LogP contribution in [0.25, 0.3) is 0 Å². The lowest BCUT2D eigenvalue weighted by atomic mass is 9.84. The molecule has 13 heteroatoms. The van der Waals surface area contributed by atoms with Crippen LogP contribution < -0.4 is 9.80 Å². The van der Waals surface area contributed by atoms with E-state index in [0.717, 1.165) is 11.2 Å². The van der Waals surface area contributed by atoms with Gasteiger partial charge in [-0.25, -0.2) is 9.59 Å². The number of hydrogen-bond acceptors (Lipinski definition) is 11. The molecule has 1 fully saturated rings. The van der Waals surface area contributed by atoms with Crippen molar-refractivity contribution in [3.63, 3.8) is 0 Å². The van der Waals surface area contributed by atoms with E-state index in [1.165, 1.54) is 12.4 Å². The second-order valence-electron chi connectivity index (χ2n) is 13.4. The van der Waals surface area contributed by atoms with Crippen LogP contribution in [0, 0.1) is 11.8 Å². The van der Waals surface area contributed by atoms with Crippen molar-refractivity contribution < 1.29 is 41.2 Å². The van der Waals surface area contributed by atoms with E-state index in [1.807, 2.05) is 11.8 Å². The van der Waals surface area contributed by atoms with Crippen molar-refractivity contribution in [2.75, 3.05) is 29.1 Å². The average Bonchev–Trinajstić information content (AvgIpc) is 2.71. The molecule has 0 aliphatic carbocycles. The zero-order valence-electron chi connectivity index (χ0n) is 26.0. The fourth-order valence-corrected chi connectivity index (χ4v) is 5.18. The number of carbonyl (C=O) groups excluding carboxylic acids is 3. The molecule has 1 aliphatic heterocycles. The van der Waals surface area contributed by atoms with Gasteiger partial charge in [-0.2, -0.15) is 13.3 Å². The first-order chi connectivity index (χ1) is 18.5. The zero-order chi connectivity index (χ0) is 31.6. The Balaban J connectivity index is 2.56. The maximum absolute atomic E-state index is 13.3. The lowest BCUT2D eigenvalue weighted by molar-refractivity contribution is -0.157. The number of imide groups is 1. The van der Waals surface area contributed by atoms with Crippen LogP contribution in [0.2, 0.25) is 0 Å². The maximum atomic E-state index is 13.3. The maximum Gasteiger partial charge on any atom is 0.424 e. The first-order valence-corrected chi connectivity index (χ1v) is 15.3. The minimum absolute atomic E-state index is 0.111. The lowest BCUT2D eigenvalue weighted by Gasteiger charge is -2.43. The van der Waals surface area contributed by atoms with Gasteiger partial charge in [0.05, 0.1) is 30.7 Å². The van der Waals surface area contributed by atoms with Crippen LogP contribution in [0.5, 0.6) is 0 Å². The van der Waals surface area contributed by atoms with Gasteiger partial charge in [0, 0.05) is 31.1 Å². The molecular weight excluding hydrogens is 554 g/mol. The number of amides is 2. The Hall–Kier alpha value is -2.93. The average molecular weight is 600 g/mol. The minimum atomic E-state index is -3.83. The van der Waals surface area contributed by atoms with Crippen LogP contribution in [0.4, 0.5) is 21.0 Å². The molecule has 2 amide bonds. The van der Waals surface area contributed by atoms with Crippen molar-refractivity contribution in [1.82, 2.24) is 4.98 Å². The Kier molecular flexibility index (Phi) is 10.5. The van der Waals surface area contributed by atoms with Gasteiger partial charge in [0.25, 0.3) is 10.1 Å². The highest BCUT2D eigenvalue weighted by molar-refractivity contribution is 7.86. The largest absolute Gasteiger partial charge is 0.460 e. The van der Waals surface area contributed by atoms with E-state index in [9.17, 15) is 22.8 Å². The molecule has 2 rings (SSSR count). The molecule has 0 spiro atoms. The molecule has 3 atom stereocenters. The van der Waals surface area contributed by atoms with E-state index < -0.39 is 57.1 Å². The van der Waals surface area contributed by atoms with Crippen LogP contribution in [0.15, 0.2) is 18.5 Å². The van der Waals surface area contributed by atoms with Gasteiger partial charge in [-0.1, -0.05) is 6.92 Å². The van der Waals surface area contributed by atoms with E-state index in [0.29, 0.717) is 12.2 Å². The predicted molar refractivity (Wildman–Crippen MR) is 154 cm³/mol. The van der Waals surface area contributed by atoms with Crippen LogP contribution in [-0.4, -0.2) is 73.8 Å². The summed E-state index contributed by atoms with van der Waals surface area (Å²) in [6.45, 7) is 17.6. The molecule has 0 aromatic carbocycles. The third-order valence-electron chi connectivity index (χ3n) is 5.63. The summed E-state index contributed by atoms with van der Waals surface area (Å²) in [5, 5.41) is 0. The van der Waals surface area contributed by atoms with E-state index in [2.05, 4.69) is 4.98 Å². The molecule has 2 heterocycles. The Morgan fingerprint density at radius 3 is 1.90 bits per heavy atom. The lowest BCUT2D eigenvalue weighted by Crippen LogP contribution is -2.52. The quantitative estimate of drug-likeness (QED) is 0.250. The van der Waals surface area contributed by atoms with Gasteiger partial charge in [0.2, 0.25) is 0 Å². The number of nitrogens with zero attached hydrogens (tertiary/aromatic N) is 3. The highest BCUT2D eigenvalue weighted by Crippen LogP contribution is 2.37. The smallest absolute Gasteiger partial charge is 0.424 e. The Morgan fingerprint density at radius 1 is 0.927 bits per heavy atom. The Morgan fingerprint density at radius 2 is 1.44 bits per heavy atom. The third kappa shape index (κ3) is 11.1. The molecule has 0 bridgehead atoms. The van der Waals surface area contributed by atoms with E-state index in [-0.39, 0.29) is 24.6 Å². The molecule has 0 N–H and O–H groups in total. The second kappa shape index (κ2) is 12.5. The number of rotatable bonds is 6. The minimum Gasteiger partial charge on any atom is -0.460 e. The zero-order valence-corrected chi connectivity index (χ0v) is 26.8. The Bertz CT molecular complexity index is 1190. The molecule has 1 aromatic rings. The standard InChI is InChI=1S/C28H45N3O9S/c1-18-16-30(17-19(23(18)40-41(11,35)36)14-22(32)37-26(2,3)4)20-12-13-29-15-21(20)31(24(33)38-27(5,6)7)25(34)39-28(8,9)10/h12-13,15,18-19,23H,14,16-17H2,1-11H3/t18-,19+,23+/m0/s1. The SMILES string of the molecule is C[C@H]1CN(c2ccncc2N(C(=O)OC(C)(C)C)C(=O)OC(C)(C)C)C[C@@H](CC(=O)OC(C)(C)C)[C@@H]1OS(C)(=O)=O. The number of pyridine rings is 1. The van der Waals surface area contributed by atoms with Crippen molar-refractivity contribution in [2.24, 2.45) is 11.8 Å². The molecule has 1 aromatic heterocycles. The molecule has 12 nitrogen and oxygen atoms in total. The van der Waals surface area contributed by atoms with Crippen molar-refractivity contribution in [3.8, 4) is 0 Å². The van der Waals surface area contributed by atoms with Crippen LogP contribution in [0.1, 0.15) is 75.7 Å². The van der Waals surface area contributed by atoms with Crippen LogP contribution in [0.3, 0.4) is 0 Å². The van der Waals surface area contributed by atoms with Gasteiger partial charge in [-0.15, -0.1) is 0 Å². The highest BCUT2D eigenvalue weighted by atomic mass is 32.2. The van der Waals surface area contributed by atoms with Crippen molar-refractivity contribution in [3.05, 3.63) is 18.5 Å². The summed E-state index contributed by atoms with van der Waals surface area (Å²) in [5.74, 6) is -1.47. The Labute approximate surface area is 243 Å². The normalized spacial score (nSPS) is 20.3. The van der Waals surface area contributed by atoms with Gasteiger partial charge in [0.15, 0.2) is 0 Å². The number of piperidine rings is 1. The van der Waals surface area contributed by atoms with E-state index in [4.69, 9.17) is 18.4 Å². The van der Waals surface area contributed by atoms with Gasteiger partial charge < -0.3 is 19.1 Å². The summed E-state index contributed by atoms with van der Waals surface area (Å²) in [5.41, 5.74) is -2.00. The van der Waals surface area contributed by atoms with Crippen molar-refractivity contribution in [1.29, 1.82) is 0 Å². The van der Waals surface area contributed by atoms with Crippen molar-refractivity contribution >= 4 is 39.6 Å². The third-order valence-corrected chi connectivity index (χ3v) is 6.21. The summed E-state index contributed by atoms with van der Waals surface area (Å²) in [7, 11) is -3.83. The van der Waals surface area contributed by atoms with Gasteiger partial charge >= 0.3 is 18.2 Å². The molecule has 1 aliphatic rings. The van der Waals surface area contributed by atoms with E-state index >= 15 is 0 Å². The number of carbonyl (C=O) groups is 3. The monoisotopic (exact) mass is 599 g/mol. The molecule has 0 unspecified atom stereocenters. The summed E-state index contributed by atoms with van der Waals surface area (Å²) in [6, 6.07) is 1.63. The molecule has 232 valence electrons. The van der Waals surface area contributed by atoms with Gasteiger partial charge in [0.1, 0.15) is 22.5 Å². The number of hydrogen-bond donors (Lipinski definition) is 0. The molecular formula is C28H45N3O9S. The van der Waals surface area contributed by atoms with Gasteiger partial charge in [-0.3, -0.25) is 14.0 Å². The summed E-state index contributed by atoms with van der Waals surface area (Å²) >= 11 is 0. The molecule has 0 radical (unpaired) electrons. The van der Waals surface area contributed by atoms with E-state index in [1.54, 1.807) is 68.4 Å². The van der Waals surface area contributed by atoms with Crippen LogP contribution in [-0.2, 0) is 33.3 Å².